The van der Waals surface area contributed by atoms with Gasteiger partial charge in [0, 0.05) is 23.8 Å². The second kappa shape index (κ2) is 8.50. The van der Waals surface area contributed by atoms with Gasteiger partial charge >= 0.3 is 6.09 Å². The van der Waals surface area contributed by atoms with Crippen molar-refractivity contribution in [2.45, 2.75) is 31.0 Å². The van der Waals surface area contributed by atoms with E-state index in [4.69, 9.17) is 10.5 Å². The number of allylic oxidation sites excluding steroid dienone is 1. The van der Waals surface area contributed by atoms with Crippen molar-refractivity contribution in [3.05, 3.63) is 58.6 Å². The molecular formula is C24H24N2O10. The molecule has 0 saturated heterocycles. The first-order chi connectivity index (χ1) is 16.9. The number of phenolic OH excluding ortho intramolecular Hbond substituents is 1. The van der Waals surface area contributed by atoms with E-state index in [1.54, 1.807) is 6.92 Å². The maximum Gasteiger partial charge on any atom is 0.412 e. The number of fused-ring (bicyclic) bond motifs is 3. The Morgan fingerprint density at radius 1 is 1.28 bits per heavy atom. The molecule has 1 aromatic rings. The van der Waals surface area contributed by atoms with E-state index in [-0.39, 0.29) is 23.4 Å². The first-order valence-corrected chi connectivity index (χ1v) is 10.9. The van der Waals surface area contributed by atoms with Gasteiger partial charge in [0.2, 0.25) is 5.78 Å². The number of nitrogens with one attached hydrogen (secondary N) is 1. The zero-order valence-corrected chi connectivity index (χ0v) is 19.0. The number of rotatable bonds is 4. The van der Waals surface area contributed by atoms with Gasteiger partial charge in [-0.2, -0.15) is 0 Å². The van der Waals surface area contributed by atoms with Crippen LogP contribution in [-0.4, -0.2) is 67.4 Å². The summed E-state index contributed by atoms with van der Waals surface area (Å²) < 4.78 is 4.80. The fourth-order valence-electron chi connectivity index (χ4n) is 5.38. The lowest BCUT2D eigenvalue weighted by Gasteiger charge is -2.50. The summed E-state index contributed by atoms with van der Waals surface area (Å²) >= 11 is 0. The molecule has 1 aromatic carbocycles. The molecule has 0 aliphatic heterocycles. The van der Waals surface area contributed by atoms with Crippen LogP contribution in [0.5, 0.6) is 5.75 Å². The van der Waals surface area contributed by atoms with Gasteiger partial charge in [-0.15, -0.1) is 0 Å². The molecule has 5 atom stereocenters. The number of carbonyl (C=O) groups is 4. The number of benzene rings is 1. The fourth-order valence-corrected chi connectivity index (χ4v) is 5.38. The lowest BCUT2D eigenvalue weighted by molar-refractivity contribution is -0.154. The average molecular weight is 500 g/mol. The van der Waals surface area contributed by atoms with E-state index in [9.17, 15) is 44.7 Å². The third kappa shape index (κ3) is 3.29. The third-order valence-electron chi connectivity index (χ3n) is 7.07. The summed E-state index contributed by atoms with van der Waals surface area (Å²) in [5.74, 6) is -9.70. The molecule has 12 nitrogen and oxygen atoms in total. The van der Waals surface area contributed by atoms with Crippen molar-refractivity contribution in [2.75, 3.05) is 11.9 Å². The number of primary amides is 1. The molecule has 2 amide bonds. The van der Waals surface area contributed by atoms with Gasteiger partial charge in [-0.3, -0.25) is 19.7 Å². The maximum absolute atomic E-state index is 13.6. The normalized spacial score (nSPS) is 29.2. The second-order valence-electron chi connectivity index (χ2n) is 8.93. The quantitative estimate of drug-likeness (QED) is 0.176. The predicted molar refractivity (Wildman–Crippen MR) is 122 cm³/mol. The topological polar surface area (TPSA) is 217 Å². The summed E-state index contributed by atoms with van der Waals surface area (Å²) in [6.07, 6.45) is -1.80. The highest BCUT2D eigenvalue weighted by Crippen LogP contribution is 2.55. The van der Waals surface area contributed by atoms with E-state index < -0.39 is 87.9 Å². The number of carbonyl (C=O) groups excluding carboxylic acids is 4. The van der Waals surface area contributed by atoms with Gasteiger partial charge in [0.05, 0.1) is 17.4 Å². The molecule has 0 spiro atoms. The molecule has 4 rings (SSSR count). The number of Topliss-reactive ketones (excluding diaryl/α,β-unsaturated/α-hetero) is 2. The lowest BCUT2D eigenvalue weighted by atomic mass is 9.56. The number of aliphatic hydroxyl groups is 4. The van der Waals surface area contributed by atoms with Crippen LogP contribution in [0, 0.1) is 11.8 Å². The van der Waals surface area contributed by atoms with Crippen LogP contribution in [0.3, 0.4) is 0 Å². The zero-order chi connectivity index (χ0) is 26.7. The third-order valence-corrected chi connectivity index (χ3v) is 7.07. The number of hydrogen-bond donors (Lipinski definition) is 7. The van der Waals surface area contributed by atoms with E-state index in [0.717, 1.165) is 0 Å². The summed E-state index contributed by atoms with van der Waals surface area (Å²) in [5, 5.41) is 56.9. The zero-order valence-electron chi connectivity index (χ0n) is 19.0. The van der Waals surface area contributed by atoms with Crippen LogP contribution < -0.4 is 11.1 Å². The number of aliphatic hydroxyl groups excluding tert-OH is 3. The number of phenols is 1. The molecule has 190 valence electrons. The van der Waals surface area contributed by atoms with E-state index in [1.807, 2.05) is 0 Å². The highest BCUT2D eigenvalue weighted by molar-refractivity contribution is 6.24. The molecule has 36 heavy (non-hydrogen) atoms. The van der Waals surface area contributed by atoms with Gasteiger partial charge in [-0.25, -0.2) is 4.79 Å². The van der Waals surface area contributed by atoms with Gasteiger partial charge < -0.3 is 36.0 Å². The van der Waals surface area contributed by atoms with Gasteiger partial charge in [0.25, 0.3) is 5.91 Å². The summed E-state index contributed by atoms with van der Waals surface area (Å²) in [5.41, 5.74) is 0.508. The first kappa shape index (κ1) is 24.9. The van der Waals surface area contributed by atoms with Crippen LogP contribution in [-0.2, 0) is 14.3 Å². The van der Waals surface area contributed by atoms with E-state index >= 15 is 0 Å². The predicted octanol–water partition coefficient (Wildman–Crippen LogP) is 0.847. The highest BCUT2D eigenvalue weighted by Gasteiger charge is 2.64. The second-order valence-corrected chi connectivity index (χ2v) is 8.93. The molecule has 0 radical (unpaired) electrons. The smallest absolute Gasteiger partial charge is 0.412 e. The lowest BCUT2D eigenvalue weighted by Crippen LogP contribution is -2.62. The molecule has 0 saturated carbocycles. The maximum atomic E-state index is 13.6. The molecule has 0 unspecified atom stereocenters. The first-order valence-electron chi connectivity index (χ1n) is 10.9. The Morgan fingerprint density at radius 2 is 1.94 bits per heavy atom. The van der Waals surface area contributed by atoms with E-state index in [1.165, 1.54) is 18.2 Å². The van der Waals surface area contributed by atoms with Crippen LogP contribution >= 0.6 is 0 Å². The minimum Gasteiger partial charge on any atom is -0.511 e. The summed E-state index contributed by atoms with van der Waals surface area (Å²) in [4.78, 5) is 50.2. The van der Waals surface area contributed by atoms with Gasteiger partial charge in [-0.05, 0) is 17.5 Å². The number of ketones is 2. The van der Waals surface area contributed by atoms with Gasteiger partial charge in [0.15, 0.2) is 17.1 Å². The molecule has 0 aromatic heterocycles. The fraction of sp³-hybridized carbons (Fsp3) is 0.333. The molecule has 0 heterocycles. The monoisotopic (exact) mass is 500 g/mol. The molecule has 3 aliphatic rings. The SMILES string of the molecule is C=CCOC(=O)Nc1ccc2c(c1O)C(=O)C1=C(O)[C@]3(O)C(=O)C(C(N)=O)=C(O)C[C@@H]3[C@@H](O)[C@@H]1[C@H]2C. The van der Waals surface area contributed by atoms with Crippen molar-refractivity contribution in [1.29, 1.82) is 0 Å². The Bertz CT molecular complexity index is 1300. The number of aromatic hydroxyl groups is 1. The minimum absolute atomic E-state index is 0.112. The van der Waals surface area contributed by atoms with Crippen LogP contribution in [0.25, 0.3) is 0 Å². The molecule has 8 N–H and O–H groups in total. The number of ether oxygens (including phenoxy) is 1. The number of anilines is 1. The molecule has 3 aliphatic carbocycles. The van der Waals surface area contributed by atoms with Gasteiger partial charge in [0.1, 0.15) is 23.7 Å². The Hall–Kier alpha value is -4.16. The van der Waals surface area contributed by atoms with Crippen molar-refractivity contribution in [3.8, 4) is 5.75 Å². The molecular weight excluding hydrogens is 476 g/mol. The van der Waals surface area contributed by atoms with Crippen molar-refractivity contribution < 1.29 is 49.4 Å². The Balaban J connectivity index is 1.87. The largest absolute Gasteiger partial charge is 0.511 e. The molecule has 0 fully saturated rings. The highest BCUT2D eigenvalue weighted by atomic mass is 16.5. The Labute approximate surface area is 204 Å². The van der Waals surface area contributed by atoms with Gasteiger partial charge in [-0.1, -0.05) is 25.6 Å². The van der Waals surface area contributed by atoms with Crippen LogP contribution in [0.4, 0.5) is 10.5 Å². The summed E-state index contributed by atoms with van der Waals surface area (Å²) in [6, 6.07) is 2.77. The number of hydrogen-bond acceptors (Lipinski definition) is 10. The van der Waals surface area contributed by atoms with Crippen LogP contribution in [0.15, 0.2) is 47.5 Å². The van der Waals surface area contributed by atoms with Crippen LogP contribution in [0.2, 0.25) is 0 Å². The molecule has 12 heteroatoms. The van der Waals surface area contributed by atoms with Crippen molar-refractivity contribution in [1.82, 2.24) is 0 Å². The number of amides is 2. The minimum atomic E-state index is -2.92. The van der Waals surface area contributed by atoms with Crippen molar-refractivity contribution in [2.24, 2.45) is 17.6 Å². The Kier molecular flexibility index (Phi) is 5.89. The Morgan fingerprint density at radius 3 is 2.56 bits per heavy atom. The summed E-state index contributed by atoms with van der Waals surface area (Å²) in [7, 11) is 0. The van der Waals surface area contributed by atoms with Crippen LogP contribution in [0.1, 0.15) is 35.2 Å². The van der Waals surface area contributed by atoms with Crippen molar-refractivity contribution >= 4 is 29.3 Å². The van der Waals surface area contributed by atoms with Crippen molar-refractivity contribution in [3.63, 3.8) is 0 Å². The average Bonchev–Trinajstić information content (AvgIpc) is 2.81. The number of nitrogens with two attached hydrogens (primary N) is 1. The van der Waals surface area contributed by atoms with E-state index in [2.05, 4.69) is 11.9 Å². The standard InChI is InChI=1S/C24H24N2O10/c1-3-6-36-23(34)26-11-5-4-9-8(2)13-16(19(30)14(9)18(11)29)21(32)24(35)10(17(13)28)7-12(27)15(20(24)31)22(25)33/h3-5,8,10,13,17,27-29,32,35H,1,6-7H2,2H3,(H2,25,33)(H,26,34)/t8-,10+,13+,17+,24+/m0/s1. The summed E-state index contributed by atoms with van der Waals surface area (Å²) in [6.45, 7) is 4.89. The van der Waals surface area contributed by atoms with E-state index in [0.29, 0.717) is 0 Å². The molecule has 0 bridgehead atoms.